The van der Waals surface area contributed by atoms with Crippen LogP contribution >= 0.6 is 0 Å². The Hall–Kier alpha value is -17.3. The van der Waals surface area contributed by atoms with E-state index in [1.54, 1.807) is 0 Å². The zero-order valence-corrected chi connectivity index (χ0v) is 68.8. The van der Waals surface area contributed by atoms with Gasteiger partial charge in [-0.15, -0.1) is 0 Å². The smallest absolute Gasteiger partial charge is 0.164 e. The third kappa shape index (κ3) is 12.0. The second-order valence-electron chi connectivity index (χ2n) is 33.2. The number of hydrogen-bond donors (Lipinski definition) is 0. The first-order valence-electron chi connectivity index (χ1n) is 43.3. The number of benzene rings is 20. The molecule has 0 amide bonds. The molecule has 0 aliphatic heterocycles. The molecule has 0 fully saturated rings. The zero-order chi connectivity index (χ0) is 84.0. The number of aromatic nitrogens is 8. The largest absolute Gasteiger partial charge is 0.456 e. The fourth-order valence-electron chi connectivity index (χ4n) is 19.6. The molecule has 0 saturated heterocycles. The second-order valence-corrected chi connectivity index (χ2v) is 33.2. The number of fused-ring (bicyclic) bond motifs is 18. The predicted octanol–water partition coefficient (Wildman–Crippen LogP) is 31.0. The van der Waals surface area contributed by atoms with E-state index in [9.17, 15) is 0 Å². The molecule has 594 valence electrons. The minimum atomic E-state index is 0.516. The fourth-order valence-corrected chi connectivity index (χ4v) is 19.6. The second kappa shape index (κ2) is 29.2. The highest BCUT2D eigenvalue weighted by molar-refractivity contribution is 6.23. The summed E-state index contributed by atoms with van der Waals surface area (Å²) in [6.45, 7) is 0. The molecular weight excluding hydrogens is 1560 g/mol. The first kappa shape index (κ1) is 72.3. The summed E-state index contributed by atoms with van der Waals surface area (Å²) in [4.78, 5) is 32.6. The summed E-state index contributed by atoms with van der Waals surface area (Å²) in [5.41, 5.74) is 25.1. The van der Waals surface area contributed by atoms with E-state index < -0.39 is 0 Å². The van der Waals surface area contributed by atoms with Crippen molar-refractivity contribution in [2.24, 2.45) is 0 Å². The van der Waals surface area contributed by atoms with Gasteiger partial charge in [0.1, 0.15) is 22.3 Å². The van der Waals surface area contributed by atoms with Crippen LogP contribution in [0.4, 0.5) is 0 Å². The summed E-state index contributed by atoms with van der Waals surface area (Å²) in [6.07, 6.45) is 0. The Morgan fingerprint density at radius 3 is 1.07 bits per heavy atom. The highest BCUT2D eigenvalue weighted by Crippen LogP contribution is 2.48. The molecule has 0 saturated carbocycles. The molecular formula is C118H70N8O2. The Labute approximate surface area is 733 Å². The van der Waals surface area contributed by atoms with Crippen LogP contribution in [-0.4, -0.2) is 39.0 Å². The molecule has 0 bridgehead atoms. The summed E-state index contributed by atoms with van der Waals surface area (Å²) in [5.74, 6) is 3.26. The molecule has 10 heteroatoms. The lowest BCUT2D eigenvalue weighted by molar-refractivity contribution is 0.669. The van der Waals surface area contributed by atoms with E-state index in [0.29, 0.717) is 40.5 Å². The minimum Gasteiger partial charge on any atom is -0.456 e. The Kier molecular flexibility index (Phi) is 16.5. The molecule has 0 aliphatic rings. The summed E-state index contributed by atoms with van der Waals surface area (Å²) < 4.78 is 18.6. The first-order valence-corrected chi connectivity index (χ1v) is 43.3. The van der Waals surface area contributed by atoms with Crippen LogP contribution in [0.5, 0.6) is 0 Å². The van der Waals surface area contributed by atoms with Gasteiger partial charge >= 0.3 is 0 Å². The van der Waals surface area contributed by atoms with Gasteiger partial charge in [-0.05, 0) is 209 Å². The lowest BCUT2D eigenvalue weighted by Gasteiger charge is -2.18. The van der Waals surface area contributed by atoms with Gasteiger partial charge in [0.15, 0.2) is 34.9 Å². The van der Waals surface area contributed by atoms with Gasteiger partial charge in [0.25, 0.3) is 0 Å². The molecule has 26 aromatic rings. The average Bonchev–Trinajstić information content (AvgIpc) is 1.56. The SMILES string of the molecule is c1ccc(-c2cccc(-c3cc(-n4c5cc6ccccc6cc5c5ccc6ccccc6c54)ccc3-c3nc(-c4ccccc4)nc(-c4ccc5oc6cc(-c7ccc8oc9cc(-c%10nc(-c%11ccccc%11)nc(-c%11ccc(-n%12c%13cc%14ccccc%14cc%13c%13ccc%14ccccc%14c%13%12)cc%11-c%11ccccc%11-c%11ccccc%11)n%10)ccc9c8c7)ccc6c5c4)n3)c2)cc1. The third-order valence-corrected chi connectivity index (χ3v) is 25.8. The molecule has 26 rings (SSSR count). The Balaban J connectivity index is 0.572. The van der Waals surface area contributed by atoms with Crippen LogP contribution in [0.25, 0.3) is 266 Å². The van der Waals surface area contributed by atoms with Crippen molar-refractivity contribution in [2.45, 2.75) is 0 Å². The predicted molar refractivity (Wildman–Crippen MR) is 526 cm³/mol. The van der Waals surface area contributed by atoms with E-state index in [1.165, 1.54) is 64.6 Å². The number of rotatable bonds is 13. The Morgan fingerprint density at radius 1 is 0.156 bits per heavy atom. The lowest BCUT2D eigenvalue weighted by atomic mass is 9.91. The lowest BCUT2D eigenvalue weighted by Crippen LogP contribution is -2.02. The van der Waals surface area contributed by atoms with Gasteiger partial charge in [-0.1, -0.05) is 303 Å². The van der Waals surface area contributed by atoms with Gasteiger partial charge in [-0.2, -0.15) is 0 Å². The molecule has 0 spiro atoms. The van der Waals surface area contributed by atoms with E-state index in [2.05, 4.69) is 391 Å². The fraction of sp³-hybridized carbons (Fsp3) is 0. The molecule has 0 radical (unpaired) electrons. The van der Waals surface area contributed by atoms with Gasteiger partial charge in [-0.25, -0.2) is 29.9 Å². The average molecular weight is 1630 g/mol. The van der Waals surface area contributed by atoms with Crippen LogP contribution in [0.2, 0.25) is 0 Å². The molecule has 0 atom stereocenters. The van der Waals surface area contributed by atoms with Crippen LogP contribution < -0.4 is 0 Å². The molecule has 128 heavy (non-hydrogen) atoms. The van der Waals surface area contributed by atoms with Crippen LogP contribution in [-0.2, 0) is 0 Å². The molecule has 20 aromatic carbocycles. The molecule has 6 aromatic heterocycles. The molecule has 10 nitrogen and oxygen atoms in total. The van der Waals surface area contributed by atoms with E-state index in [4.69, 9.17) is 38.7 Å². The monoisotopic (exact) mass is 1630 g/mol. The zero-order valence-electron chi connectivity index (χ0n) is 68.8. The normalized spacial score (nSPS) is 11.9. The minimum absolute atomic E-state index is 0.516. The number of nitrogens with zero attached hydrogens (tertiary/aromatic N) is 8. The number of furan rings is 2. The highest BCUT2D eigenvalue weighted by Gasteiger charge is 2.27. The van der Waals surface area contributed by atoms with Gasteiger partial charge in [0.05, 0.1) is 22.1 Å². The summed E-state index contributed by atoms with van der Waals surface area (Å²) >= 11 is 0. The highest BCUT2D eigenvalue weighted by atomic mass is 16.3. The maximum absolute atomic E-state index is 6.86. The van der Waals surface area contributed by atoms with Gasteiger partial charge < -0.3 is 18.0 Å². The van der Waals surface area contributed by atoms with Crippen molar-refractivity contribution in [2.75, 3.05) is 0 Å². The van der Waals surface area contributed by atoms with Crippen LogP contribution in [0.1, 0.15) is 0 Å². The van der Waals surface area contributed by atoms with E-state index in [-0.39, 0.29) is 0 Å². The van der Waals surface area contributed by atoms with Gasteiger partial charge in [0, 0.05) is 98.6 Å². The Bertz CT molecular complexity index is 9090. The molecule has 0 aliphatic carbocycles. The topological polar surface area (TPSA) is 113 Å². The maximum Gasteiger partial charge on any atom is 0.164 e. The standard InChI is InChI=1S/C118H70N8O2/c1-5-24-71(25-6-1)77-38-23-39-84(60-77)99-69-87(125-105-65-80-36-15-13-34-78(80)61-101(105)95-54-44-73-28-17-19-41-90(73)111(95)125)50-56-97(99)117-121-113(75-30-9-3-10-31-75)119-115(123-117)85-49-59-108-104(64-85)93-52-46-83(67-109(93)127-108)82-48-58-107-103(63-82)94-53-47-86(68-110(94)128-107)116-120-114(76-32-11-4-12-33-76)122-118(124-116)98-57-51-88(70-100(98)92-43-22-21-40-89(92)72-26-7-2-8-27-72)126-106-66-81-37-16-14-35-79(81)62-102(106)96-55-45-74-29-18-20-42-91(74)112(96)126/h1-70H. The third-order valence-electron chi connectivity index (χ3n) is 25.8. The van der Waals surface area contributed by atoms with Gasteiger partial charge in [0.2, 0.25) is 0 Å². The molecule has 0 unspecified atom stereocenters. The van der Waals surface area contributed by atoms with Crippen LogP contribution in [0.3, 0.4) is 0 Å². The van der Waals surface area contributed by atoms with Crippen molar-refractivity contribution in [3.05, 3.63) is 425 Å². The van der Waals surface area contributed by atoms with Crippen molar-refractivity contribution < 1.29 is 8.83 Å². The van der Waals surface area contributed by atoms with Crippen molar-refractivity contribution >= 4 is 131 Å². The van der Waals surface area contributed by atoms with E-state index in [0.717, 1.165) is 161 Å². The quantitative estimate of drug-likeness (QED) is 0.112. The van der Waals surface area contributed by atoms with E-state index >= 15 is 0 Å². The molecule has 6 heterocycles. The van der Waals surface area contributed by atoms with Crippen LogP contribution in [0, 0.1) is 0 Å². The van der Waals surface area contributed by atoms with Gasteiger partial charge in [-0.3, -0.25) is 0 Å². The van der Waals surface area contributed by atoms with Crippen LogP contribution in [0.15, 0.2) is 433 Å². The van der Waals surface area contributed by atoms with Crippen molar-refractivity contribution in [1.82, 2.24) is 39.0 Å². The summed E-state index contributed by atoms with van der Waals surface area (Å²) in [5, 5.41) is 18.1. The molecule has 0 N–H and O–H groups in total. The Morgan fingerprint density at radius 2 is 0.523 bits per heavy atom. The van der Waals surface area contributed by atoms with Crippen molar-refractivity contribution in [3.63, 3.8) is 0 Å². The maximum atomic E-state index is 6.86. The summed E-state index contributed by atoms with van der Waals surface area (Å²) in [6, 6.07) is 151. The number of hydrogen-bond acceptors (Lipinski definition) is 8. The van der Waals surface area contributed by atoms with Crippen molar-refractivity contribution in [1.29, 1.82) is 0 Å². The summed E-state index contributed by atoms with van der Waals surface area (Å²) in [7, 11) is 0. The van der Waals surface area contributed by atoms with E-state index in [1.807, 2.05) is 42.5 Å². The first-order chi connectivity index (χ1) is 63.4. The van der Waals surface area contributed by atoms with Crippen molar-refractivity contribution in [3.8, 4) is 135 Å².